The molecule has 2 nitrogen and oxygen atoms in total. The highest BCUT2D eigenvalue weighted by Crippen LogP contribution is 2.11. The molecule has 0 heterocycles. The summed E-state index contributed by atoms with van der Waals surface area (Å²) in [5, 5.41) is 3.39. The van der Waals surface area contributed by atoms with Crippen LogP contribution in [0.5, 0.6) is 0 Å². The van der Waals surface area contributed by atoms with Gasteiger partial charge >= 0.3 is 0 Å². The molecule has 0 spiro atoms. The first-order chi connectivity index (χ1) is 9.74. The van der Waals surface area contributed by atoms with Crippen molar-refractivity contribution >= 4 is 5.69 Å². The van der Waals surface area contributed by atoms with Gasteiger partial charge in [-0.3, -0.25) is 0 Å². The molecule has 0 aromatic heterocycles. The third kappa shape index (κ3) is 5.06. The Bertz CT molecular complexity index is 491. The zero-order chi connectivity index (χ0) is 14.2. The van der Waals surface area contributed by atoms with Gasteiger partial charge in [0.05, 0.1) is 13.2 Å². The maximum absolute atomic E-state index is 5.70. The maximum Gasteiger partial charge on any atom is 0.0717 e. The van der Waals surface area contributed by atoms with Crippen LogP contribution in [0.4, 0.5) is 5.69 Å². The molecule has 20 heavy (non-hydrogen) atoms. The Morgan fingerprint density at radius 1 is 0.900 bits per heavy atom. The Morgan fingerprint density at radius 2 is 1.60 bits per heavy atom. The van der Waals surface area contributed by atoms with Gasteiger partial charge in [-0.1, -0.05) is 42.5 Å². The Labute approximate surface area is 121 Å². The van der Waals surface area contributed by atoms with Gasteiger partial charge in [-0.2, -0.15) is 0 Å². The summed E-state index contributed by atoms with van der Waals surface area (Å²) in [6, 6.07) is 19.3. The molecule has 0 bridgehead atoms. The van der Waals surface area contributed by atoms with Gasteiger partial charge in [0, 0.05) is 11.7 Å². The molecule has 0 radical (unpaired) electrons. The van der Waals surface area contributed by atoms with Crippen molar-refractivity contribution in [1.82, 2.24) is 0 Å². The van der Waals surface area contributed by atoms with Crippen molar-refractivity contribution in [3.05, 3.63) is 65.7 Å². The minimum Gasteiger partial charge on any atom is -0.383 e. The summed E-state index contributed by atoms with van der Waals surface area (Å²) in [4.78, 5) is 0. The van der Waals surface area contributed by atoms with Crippen molar-refractivity contribution < 1.29 is 4.74 Å². The van der Waals surface area contributed by atoms with E-state index in [1.165, 1.54) is 16.8 Å². The lowest BCUT2D eigenvalue weighted by molar-refractivity contribution is 0.124. The van der Waals surface area contributed by atoms with E-state index in [0.717, 1.165) is 13.0 Å². The van der Waals surface area contributed by atoms with Crippen LogP contribution >= 0.6 is 0 Å². The Balaban J connectivity index is 1.71. The number of hydrogen-bond acceptors (Lipinski definition) is 2. The van der Waals surface area contributed by atoms with Crippen LogP contribution in [0.1, 0.15) is 25.0 Å². The fourth-order valence-corrected chi connectivity index (χ4v) is 2.06. The highest BCUT2D eigenvalue weighted by molar-refractivity contribution is 5.45. The van der Waals surface area contributed by atoms with Crippen LogP contribution < -0.4 is 5.32 Å². The van der Waals surface area contributed by atoms with E-state index in [4.69, 9.17) is 4.74 Å². The molecule has 0 saturated carbocycles. The Kier molecular flexibility index (Phi) is 5.63. The number of benzene rings is 2. The molecule has 0 atom stereocenters. The van der Waals surface area contributed by atoms with Crippen LogP contribution in [0.25, 0.3) is 0 Å². The van der Waals surface area contributed by atoms with E-state index in [2.05, 4.69) is 55.6 Å². The molecular formula is C18H23NO. The quantitative estimate of drug-likeness (QED) is 0.758. The monoisotopic (exact) mass is 269 g/mol. The fraction of sp³-hybridized carbons (Fsp3) is 0.333. The summed E-state index contributed by atoms with van der Waals surface area (Å²) >= 11 is 0. The highest BCUT2D eigenvalue weighted by atomic mass is 16.5. The van der Waals surface area contributed by atoms with Crippen LogP contribution in [0.15, 0.2) is 54.6 Å². The van der Waals surface area contributed by atoms with Crippen molar-refractivity contribution in [2.24, 2.45) is 0 Å². The second-order valence-electron chi connectivity index (χ2n) is 5.28. The number of hydrogen-bond donors (Lipinski definition) is 1. The van der Waals surface area contributed by atoms with Gasteiger partial charge < -0.3 is 10.1 Å². The predicted molar refractivity (Wildman–Crippen MR) is 85.0 cm³/mol. The largest absolute Gasteiger partial charge is 0.383 e. The lowest BCUT2D eigenvalue weighted by Crippen LogP contribution is -2.09. The lowest BCUT2D eigenvalue weighted by Gasteiger charge is -2.10. The van der Waals surface area contributed by atoms with Gasteiger partial charge in [0.25, 0.3) is 0 Å². The molecule has 0 aliphatic heterocycles. The number of ether oxygens (including phenoxy) is 1. The summed E-state index contributed by atoms with van der Waals surface area (Å²) in [6.07, 6.45) is 0.953. The SMILES string of the molecule is CC(C)Nc1ccc(CCOCc2ccccc2)cc1. The van der Waals surface area contributed by atoms with Crippen LogP contribution in [-0.2, 0) is 17.8 Å². The van der Waals surface area contributed by atoms with Crippen LogP contribution in [0.2, 0.25) is 0 Å². The topological polar surface area (TPSA) is 21.3 Å². The van der Waals surface area contributed by atoms with Crippen LogP contribution in [0, 0.1) is 0 Å². The van der Waals surface area contributed by atoms with Crippen molar-refractivity contribution in [3.8, 4) is 0 Å². The number of rotatable bonds is 7. The van der Waals surface area contributed by atoms with E-state index in [0.29, 0.717) is 12.6 Å². The summed E-state index contributed by atoms with van der Waals surface area (Å²) in [6.45, 7) is 5.73. The normalized spacial score (nSPS) is 10.8. The molecule has 1 N–H and O–H groups in total. The smallest absolute Gasteiger partial charge is 0.0717 e. The molecule has 2 heteroatoms. The van der Waals surface area contributed by atoms with E-state index < -0.39 is 0 Å². The average molecular weight is 269 g/mol. The molecule has 2 rings (SSSR count). The minimum absolute atomic E-state index is 0.468. The van der Waals surface area contributed by atoms with E-state index >= 15 is 0 Å². The van der Waals surface area contributed by atoms with Gasteiger partial charge in [0.1, 0.15) is 0 Å². The summed E-state index contributed by atoms with van der Waals surface area (Å²) in [5.41, 5.74) is 3.71. The third-order valence-corrected chi connectivity index (χ3v) is 3.06. The average Bonchev–Trinajstić information content (AvgIpc) is 2.46. The molecule has 0 aliphatic carbocycles. The summed E-state index contributed by atoms with van der Waals surface area (Å²) < 4.78 is 5.70. The van der Waals surface area contributed by atoms with Crippen LogP contribution in [0.3, 0.4) is 0 Å². The number of nitrogens with one attached hydrogen (secondary N) is 1. The van der Waals surface area contributed by atoms with Crippen molar-refractivity contribution in [2.75, 3.05) is 11.9 Å². The third-order valence-electron chi connectivity index (χ3n) is 3.06. The van der Waals surface area contributed by atoms with Crippen molar-refractivity contribution in [2.45, 2.75) is 32.9 Å². The maximum atomic E-state index is 5.70. The van der Waals surface area contributed by atoms with Gasteiger partial charge in [-0.05, 0) is 43.5 Å². The fourth-order valence-electron chi connectivity index (χ4n) is 2.06. The predicted octanol–water partition coefficient (Wildman–Crippen LogP) is 4.27. The molecule has 2 aromatic rings. The van der Waals surface area contributed by atoms with Gasteiger partial charge in [-0.15, -0.1) is 0 Å². The summed E-state index contributed by atoms with van der Waals surface area (Å²) in [7, 11) is 0. The minimum atomic E-state index is 0.468. The molecule has 0 saturated heterocycles. The van der Waals surface area contributed by atoms with Gasteiger partial charge in [0.15, 0.2) is 0 Å². The zero-order valence-corrected chi connectivity index (χ0v) is 12.3. The van der Waals surface area contributed by atoms with E-state index in [1.54, 1.807) is 0 Å². The van der Waals surface area contributed by atoms with Gasteiger partial charge in [0.2, 0.25) is 0 Å². The molecular weight excluding hydrogens is 246 g/mol. The molecule has 0 fully saturated rings. The van der Waals surface area contributed by atoms with Crippen molar-refractivity contribution in [3.63, 3.8) is 0 Å². The van der Waals surface area contributed by atoms with Crippen LogP contribution in [-0.4, -0.2) is 12.6 Å². The zero-order valence-electron chi connectivity index (χ0n) is 12.3. The number of anilines is 1. The van der Waals surface area contributed by atoms with E-state index in [1.807, 2.05) is 18.2 Å². The second kappa shape index (κ2) is 7.71. The molecule has 2 aromatic carbocycles. The first-order valence-corrected chi connectivity index (χ1v) is 7.21. The van der Waals surface area contributed by atoms with E-state index in [9.17, 15) is 0 Å². The molecule has 106 valence electrons. The van der Waals surface area contributed by atoms with Gasteiger partial charge in [-0.25, -0.2) is 0 Å². The standard InChI is InChI=1S/C18H23NO/c1-15(2)19-18-10-8-16(9-11-18)12-13-20-14-17-6-4-3-5-7-17/h3-11,15,19H,12-14H2,1-2H3. The Morgan fingerprint density at radius 3 is 2.25 bits per heavy atom. The lowest BCUT2D eigenvalue weighted by atomic mass is 10.1. The molecule has 0 amide bonds. The second-order valence-corrected chi connectivity index (χ2v) is 5.28. The highest BCUT2D eigenvalue weighted by Gasteiger charge is 1.97. The molecule has 0 aliphatic rings. The first kappa shape index (κ1) is 14.6. The summed E-state index contributed by atoms with van der Waals surface area (Å²) in [5.74, 6) is 0. The molecule has 0 unspecified atom stereocenters. The van der Waals surface area contributed by atoms with Crippen molar-refractivity contribution in [1.29, 1.82) is 0 Å². The van der Waals surface area contributed by atoms with E-state index in [-0.39, 0.29) is 0 Å². The Hall–Kier alpha value is -1.80. The first-order valence-electron chi connectivity index (χ1n) is 7.21.